The van der Waals surface area contributed by atoms with Crippen LogP contribution in [0.2, 0.25) is 0 Å². The number of ether oxygens (including phenoxy) is 5. The van der Waals surface area contributed by atoms with Crippen LogP contribution in [-0.4, -0.2) is 44.7 Å². The Balaban J connectivity index is 0.00000353. The van der Waals surface area contributed by atoms with Crippen molar-refractivity contribution in [2.75, 3.05) is 35.0 Å². The minimum Gasteiger partial charge on any atom is -0.504 e. The number of fused-ring (bicyclic) bond motifs is 7. The first-order chi connectivity index (χ1) is 19.9. The molecule has 0 bridgehead atoms. The summed E-state index contributed by atoms with van der Waals surface area (Å²) in [7, 11) is 6.29. The van der Waals surface area contributed by atoms with Gasteiger partial charge in [-0.3, -0.25) is 0 Å². The van der Waals surface area contributed by atoms with Crippen LogP contribution in [0.3, 0.4) is 0 Å². The number of hydrogen-bond donors (Lipinski definition) is 1. The summed E-state index contributed by atoms with van der Waals surface area (Å²) in [4.78, 5) is 13.7. The molecule has 0 saturated heterocycles. The van der Waals surface area contributed by atoms with Crippen molar-refractivity contribution in [3.05, 3.63) is 58.4 Å². The number of phenols is 1. The fraction of sp³-hybridized carbons (Fsp3) is 0.281. The van der Waals surface area contributed by atoms with Crippen LogP contribution < -0.4 is 29.3 Å². The molecule has 1 radical (unpaired) electrons. The molecule has 0 spiro atoms. The standard InChI is InChI=1S/C32H31NO8.Pr/c1-6-11-40-27-16-23-20(15-26(27)39-5)29-28(18-7-8-22(36-2)21(34)12-18)30-19-14-25(38-4)24(37-3)13-17(19)9-10-33(30)31(29)32(35)41-23;/h7-8,12-16,34H,6,9-11H2,1-5H3;. The molecule has 215 valence electrons. The molecule has 0 aliphatic carbocycles. The predicted octanol–water partition coefficient (Wildman–Crippen LogP) is 6.17. The maximum Gasteiger partial charge on any atom is 0.361 e. The van der Waals surface area contributed by atoms with Gasteiger partial charge in [0.1, 0.15) is 11.1 Å². The van der Waals surface area contributed by atoms with Crippen LogP contribution in [0.4, 0.5) is 0 Å². The second-order valence-electron chi connectivity index (χ2n) is 9.84. The molecule has 3 heterocycles. The van der Waals surface area contributed by atoms with E-state index >= 15 is 0 Å². The van der Waals surface area contributed by atoms with E-state index in [9.17, 15) is 9.90 Å². The third-order valence-electron chi connectivity index (χ3n) is 7.59. The van der Waals surface area contributed by atoms with E-state index in [1.165, 1.54) is 7.11 Å². The maximum atomic E-state index is 13.7. The number of hydrogen-bond acceptors (Lipinski definition) is 8. The molecular formula is C32H31NO8Pr. The Labute approximate surface area is 275 Å². The van der Waals surface area contributed by atoms with Crippen LogP contribution in [0.1, 0.15) is 18.9 Å². The van der Waals surface area contributed by atoms with Crippen molar-refractivity contribution in [3.8, 4) is 56.9 Å². The molecule has 2 aromatic heterocycles. The number of aryl methyl sites for hydroxylation is 2. The van der Waals surface area contributed by atoms with Gasteiger partial charge in [0, 0.05) is 75.8 Å². The van der Waals surface area contributed by atoms with Gasteiger partial charge in [-0.05, 0) is 54.3 Å². The van der Waals surface area contributed by atoms with Crippen molar-refractivity contribution in [1.82, 2.24) is 4.57 Å². The van der Waals surface area contributed by atoms with Gasteiger partial charge in [-0.25, -0.2) is 4.79 Å². The van der Waals surface area contributed by atoms with Crippen molar-refractivity contribution in [1.29, 1.82) is 0 Å². The molecule has 42 heavy (non-hydrogen) atoms. The fourth-order valence-corrected chi connectivity index (χ4v) is 5.76. The average Bonchev–Trinajstić information content (AvgIpc) is 3.35. The number of phenolic OH excluding ortho intramolecular Hbond substituents is 1. The zero-order valence-electron chi connectivity index (χ0n) is 24.2. The van der Waals surface area contributed by atoms with Crippen LogP contribution in [0.5, 0.6) is 34.5 Å². The Hall–Kier alpha value is -3.43. The summed E-state index contributed by atoms with van der Waals surface area (Å²) in [5.74, 6) is 2.57. The SMILES string of the molecule is CCCOc1cc2oc(=O)c3c(c(-c4ccc(OC)c(O)c4)c4n3CCc3cc(OC)c(OC)cc3-4)c2cc1OC.[Pr]. The number of benzene rings is 3. The Bertz CT molecular complexity index is 1870. The molecule has 0 atom stereocenters. The molecule has 1 N–H and O–H groups in total. The molecule has 0 fully saturated rings. The van der Waals surface area contributed by atoms with Crippen LogP contribution in [0.15, 0.2) is 51.7 Å². The fourth-order valence-electron chi connectivity index (χ4n) is 5.76. The van der Waals surface area contributed by atoms with Crippen LogP contribution in [-0.2, 0) is 13.0 Å². The third-order valence-corrected chi connectivity index (χ3v) is 7.59. The minimum absolute atomic E-state index is 0. The van der Waals surface area contributed by atoms with Crippen molar-refractivity contribution in [3.63, 3.8) is 0 Å². The molecule has 1 aliphatic rings. The second kappa shape index (κ2) is 12.1. The van der Waals surface area contributed by atoms with Gasteiger partial charge in [0.25, 0.3) is 0 Å². The molecule has 0 unspecified atom stereocenters. The molecule has 0 saturated carbocycles. The summed E-state index contributed by atoms with van der Waals surface area (Å²) in [5, 5.41) is 12.2. The van der Waals surface area contributed by atoms with Gasteiger partial charge >= 0.3 is 5.63 Å². The van der Waals surface area contributed by atoms with Crippen molar-refractivity contribution < 1.29 is 74.5 Å². The number of methoxy groups -OCH3 is 4. The van der Waals surface area contributed by atoms with E-state index in [4.69, 9.17) is 28.1 Å². The monoisotopic (exact) mass is 698 g/mol. The van der Waals surface area contributed by atoms with E-state index in [0.717, 1.165) is 28.8 Å². The average molecular weight is 699 g/mol. The van der Waals surface area contributed by atoms with Crippen molar-refractivity contribution in [2.24, 2.45) is 0 Å². The van der Waals surface area contributed by atoms with Crippen molar-refractivity contribution >= 4 is 21.9 Å². The van der Waals surface area contributed by atoms with E-state index in [-0.39, 0.29) is 47.0 Å². The van der Waals surface area contributed by atoms with Crippen LogP contribution in [0.25, 0.3) is 44.3 Å². The zero-order valence-corrected chi connectivity index (χ0v) is 27.9. The molecular weight excluding hydrogens is 667 g/mol. The molecule has 5 aromatic rings. The largest absolute Gasteiger partial charge is 0.504 e. The first-order valence-corrected chi connectivity index (χ1v) is 13.4. The van der Waals surface area contributed by atoms with E-state index < -0.39 is 5.63 Å². The molecule has 10 heteroatoms. The van der Waals surface area contributed by atoms with Gasteiger partial charge in [-0.15, -0.1) is 0 Å². The topological polar surface area (TPSA) is 102 Å². The van der Waals surface area contributed by atoms with Gasteiger partial charge in [0.15, 0.2) is 34.5 Å². The maximum absolute atomic E-state index is 13.7. The summed E-state index contributed by atoms with van der Waals surface area (Å²) in [6, 6.07) is 12.7. The van der Waals surface area contributed by atoms with Gasteiger partial charge in [0.05, 0.1) is 40.7 Å². The summed E-state index contributed by atoms with van der Waals surface area (Å²) < 4.78 is 36.1. The number of rotatable bonds is 8. The third kappa shape index (κ3) is 4.76. The van der Waals surface area contributed by atoms with E-state index in [2.05, 4.69) is 0 Å². The van der Waals surface area contributed by atoms with Gasteiger partial charge in [-0.1, -0.05) is 13.0 Å². The quantitative estimate of drug-likeness (QED) is 0.192. The van der Waals surface area contributed by atoms with Gasteiger partial charge < -0.3 is 37.8 Å². The second-order valence-corrected chi connectivity index (χ2v) is 9.84. The van der Waals surface area contributed by atoms with E-state index in [1.807, 2.05) is 35.8 Å². The summed E-state index contributed by atoms with van der Waals surface area (Å²) >= 11 is 0. The smallest absolute Gasteiger partial charge is 0.361 e. The predicted molar refractivity (Wildman–Crippen MR) is 156 cm³/mol. The first-order valence-electron chi connectivity index (χ1n) is 13.4. The summed E-state index contributed by atoms with van der Waals surface area (Å²) in [6.07, 6.45) is 1.49. The molecule has 3 aromatic carbocycles. The van der Waals surface area contributed by atoms with Crippen LogP contribution >= 0.6 is 0 Å². The van der Waals surface area contributed by atoms with E-state index in [1.54, 1.807) is 39.5 Å². The molecule has 1 aliphatic heterocycles. The minimum atomic E-state index is -0.465. The van der Waals surface area contributed by atoms with Gasteiger partial charge in [0.2, 0.25) is 0 Å². The number of aromatic nitrogens is 1. The molecule has 6 rings (SSSR count). The van der Waals surface area contributed by atoms with E-state index in [0.29, 0.717) is 75.8 Å². The zero-order chi connectivity index (χ0) is 28.8. The Morgan fingerprint density at radius 1 is 0.881 bits per heavy atom. The Morgan fingerprint density at radius 3 is 2.24 bits per heavy atom. The molecule has 9 nitrogen and oxygen atoms in total. The molecule has 0 amide bonds. The summed E-state index contributed by atoms with van der Waals surface area (Å²) in [5.41, 5.74) is 4.60. The summed E-state index contributed by atoms with van der Waals surface area (Å²) in [6.45, 7) is 3.05. The Morgan fingerprint density at radius 2 is 1.57 bits per heavy atom. The Kier molecular flexibility index (Phi) is 8.62. The first kappa shape index (κ1) is 30.0. The van der Waals surface area contributed by atoms with Crippen LogP contribution in [0, 0.1) is 41.3 Å². The number of aromatic hydroxyl groups is 1. The normalized spacial score (nSPS) is 11.9. The van der Waals surface area contributed by atoms with Crippen molar-refractivity contribution in [2.45, 2.75) is 26.3 Å². The number of nitrogens with zero attached hydrogens (tertiary/aromatic N) is 1. The van der Waals surface area contributed by atoms with Gasteiger partial charge in [-0.2, -0.15) is 0 Å².